The summed E-state index contributed by atoms with van der Waals surface area (Å²) in [5, 5.41) is 0. The van der Waals surface area contributed by atoms with Crippen molar-refractivity contribution in [2.45, 2.75) is 104 Å². The summed E-state index contributed by atoms with van der Waals surface area (Å²) in [4.78, 5) is 52.9. The van der Waals surface area contributed by atoms with Crippen LogP contribution in [0.3, 0.4) is 0 Å². The Morgan fingerprint density at radius 3 is 1.39 bits per heavy atom. The molecule has 6 atom stereocenters. The summed E-state index contributed by atoms with van der Waals surface area (Å²) >= 11 is 0. The van der Waals surface area contributed by atoms with Crippen LogP contribution < -0.4 is 31.5 Å². The van der Waals surface area contributed by atoms with E-state index in [9.17, 15) is 28.3 Å². The Hall–Kier alpha value is -4.90. The number of hydrogen-bond acceptors (Lipinski definition) is 14. The number of aryl methyl sites for hydroxylation is 2. The monoisotopic (exact) mass is 894 g/mol. The van der Waals surface area contributed by atoms with Gasteiger partial charge in [-0.25, -0.2) is 18.7 Å². The Balaban J connectivity index is 0.984. The van der Waals surface area contributed by atoms with Crippen molar-refractivity contribution in [2.75, 3.05) is 13.2 Å². The van der Waals surface area contributed by atoms with Crippen molar-refractivity contribution < 1.29 is 45.7 Å². The third-order valence-electron chi connectivity index (χ3n) is 10.7. The van der Waals surface area contributed by atoms with Crippen LogP contribution in [0.2, 0.25) is 0 Å². The number of ether oxygens (including phenoxy) is 2. The molecule has 0 aliphatic carbocycles. The van der Waals surface area contributed by atoms with E-state index in [1.807, 2.05) is 65.8 Å². The number of benzene rings is 2. The molecule has 8 rings (SSSR count). The number of phosphoric acid groups is 2. The molecule has 18 nitrogen and oxygen atoms in total. The third kappa shape index (κ3) is 8.84. The number of aromatic nitrogens is 4. The predicted octanol–water partition coefficient (Wildman–Crippen LogP) is 6.64. The summed E-state index contributed by atoms with van der Waals surface area (Å²) in [5.41, 5.74) is 1.95. The second-order valence-corrected chi connectivity index (χ2v) is 20.8. The third-order valence-corrected chi connectivity index (χ3v) is 13.3. The molecule has 4 aromatic rings. The molecule has 0 saturated heterocycles. The number of phosphoric ester groups is 2. The molecule has 0 fully saturated rings. The Morgan fingerprint density at radius 1 is 0.629 bits per heavy atom. The van der Waals surface area contributed by atoms with E-state index in [1.165, 1.54) is 21.5 Å². The first-order valence-corrected chi connectivity index (χ1v) is 22.8. The predicted molar refractivity (Wildman–Crippen MR) is 225 cm³/mol. The SMILES string of the molecule is Cc1cn([C@@H]2C=CC(COP3(=O)OCc4cc(-c5cc6c(c(C(C)(C)C)c5)OP(=O)(OCC5C=C[C@H](n7cc(C)c(=O)[nH]c7=O)O5)OC6)cc(C(C)(C)C)c4O3)O2)c(=O)[nH]c1=O. The highest BCUT2D eigenvalue weighted by atomic mass is 31.2. The van der Waals surface area contributed by atoms with Crippen LogP contribution in [0, 0.1) is 13.8 Å². The highest BCUT2D eigenvalue weighted by Gasteiger charge is 2.41. The first-order valence-electron chi connectivity index (χ1n) is 19.9. The van der Waals surface area contributed by atoms with Gasteiger partial charge in [0.25, 0.3) is 11.1 Å². The van der Waals surface area contributed by atoms with E-state index in [2.05, 4.69) is 9.97 Å². The maximum atomic E-state index is 13.9. The molecule has 6 heterocycles. The van der Waals surface area contributed by atoms with Crippen LogP contribution in [0.15, 0.2) is 80.1 Å². The van der Waals surface area contributed by atoms with E-state index >= 15 is 0 Å². The van der Waals surface area contributed by atoms with Gasteiger partial charge < -0.3 is 18.5 Å². The Bertz CT molecular complexity index is 2670. The van der Waals surface area contributed by atoms with E-state index < -0.39 is 73.6 Å². The number of nitrogens with one attached hydrogen (secondary N) is 2. The number of fused-ring (bicyclic) bond motifs is 2. The van der Waals surface area contributed by atoms with Gasteiger partial charge in [-0.2, -0.15) is 0 Å². The Labute approximate surface area is 355 Å². The molecule has 4 aliphatic rings. The molecule has 20 heteroatoms. The fraction of sp³-hybridized carbons (Fsp3) is 0.429. The molecule has 2 N–H and O–H groups in total. The normalized spacial score (nSPS) is 25.6. The lowest BCUT2D eigenvalue weighted by atomic mass is 9.81. The van der Waals surface area contributed by atoms with Gasteiger partial charge in [0.15, 0.2) is 12.5 Å². The molecule has 62 heavy (non-hydrogen) atoms. The van der Waals surface area contributed by atoms with E-state index in [4.69, 9.17) is 36.6 Å². The second-order valence-electron chi connectivity index (χ2n) is 17.6. The van der Waals surface area contributed by atoms with Crippen LogP contribution in [0.4, 0.5) is 0 Å². The van der Waals surface area contributed by atoms with Crippen molar-refractivity contribution in [1.29, 1.82) is 0 Å². The van der Waals surface area contributed by atoms with Crippen molar-refractivity contribution in [3.05, 3.63) is 136 Å². The molecule has 0 amide bonds. The van der Waals surface area contributed by atoms with Gasteiger partial charge in [0.05, 0.1) is 26.4 Å². The quantitative estimate of drug-likeness (QED) is 0.133. The summed E-state index contributed by atoms with van der Waals surface area (Å²) in [6, 6.07) is 7.76. The van der Waals surface area contributed by atoms with Gasteiger partial charge >= 0.3 is 27.0 Å². The second kappa shape index (κ2) is 16.0. The summed E-state index contributed by atoms with van der Waals surface area (Å²) in [6.45, 7) is 14.7. The molecule has 330 valence electrons. The number of nitrogens with zero attached hydrogens (tertiary/aromatic N) is 2. The zero-order valence-electron chi connectivity index (χ0n) is 35.4. The minimum atomic E-state index is -4.13. The molecule has 2 aromatic carbocycles. The minimum Gasteiger partial charge on any atom is -0.403 e. The van der Waals surface area contributed by atoms with Gasteiger partial charge in [-0.1, -0.05) is 53.7 Å². The average Bonchev–Trinajstić information content (AvgIpc) is 3.88. The summed E-state index contributed by atoms with van der Waals surface area (Å²) < 4.78 is 77.5. The zero-order valence-corrected chi connectivity index (χ0v) is 37.2. The summed E-state index contributed by atoms with van der Waals surface area (Å²) in [7, 11) is -8.26. The standard InChI is InChI=1S/C42H48N4O14P2/c1-23-17-45(39(49)43-37(23)47)33-11-9-29(57-33)21-55-61(51)53-19-27-13-25(15-31(35(27)59-61)41(3,4)5)26-14-28-20-54-62(52,60-36(28)32(16-26)42(6,7)8)56-22-30-10-12-34(58-30)46-18-24(2)38(48)44-40(46)50/h9-18,29-30,33-34H,19-22H2,1-8H3,(H,43,47,49)(H,44,48,50)/t29?,30?,33-,34+,61?,62?. The molecule has 4 unspecified atom stereocenters. The molecule has 0 saturated carbocycles. The lowest BCUT2D eigenvalue weighted by Crippen LogP contribution is -2.33. The van der Waals surface area contributed by atoms with Crippen molar-refractivity contribution in [1.82, 2.24) is 19.1 Å². The van der Waals surface area contributed by atoms with Crippen molar-refractivity contribution >= 4 is 15.6 Å². The fourth-order valence-electron chi connectivity index (χ4n) is 7.32. The van der Waals surface area contributed by atoms with E-state index in [1.54, 1.807) is 38.2 Å². The van der Waals surface area contributed by atoms with Crippen molar-refractivity contribution in [3.8, 4) is 22.6 Å². The first kappa shape index (κ1) is 43.7. The Morgan fingerprint density at radius 2 is 1.02 bits per heavy atom. The first-order chi connectivity index (χ1) is 29.1. The number of H-pyrrole nitrogens is 2. The van der Waals surface area contributed by atoms with Crippen LogP contribution in [0.25, 0.3) is 11.1 Å². The van der Waals surface area contributed by atoms with E-state index in [0.29, 0.717) is 33.8 Å². The zero-order chi connectivity index (χ0) is 44.5. The van der Waals surface area contributed by atoms with Crippen LogP contribution in [0.5, 0.6) is 11.5 Å². The van der Waals surface area contributed by atoms with Gasteiger partial charge in [-0.15, -0.1) is 0 Å². The maximum Gasteiger partial charge on any atom is 0.530 e. The summed E-state index contributed by atoms with van der Waals surface area (Å²) in [5.74, 6) is 0.776. The molecule has 0 bridgehead atoms. The van der Waals surface area contributed by atoms with Gasteiger partial charge in [-0.05, 0) is 72.2 Å². The van der Waals surface area contributed by atoms with Gasteiger partial charge in [0.2, 0.25) is 0 Å². The molecule has 2 aromatic heterocycles. The highest BCUT2D eigenvalue weighted by Crippen LogP contribution is 2.59. The Kier molecular flexibility index (Phi) is 11.3. The summed E-state index contributed by atoms with van der Waals surface area (Å²) in [6.07, 6.45) is 6.47. The lowest BCUT2D eigenvalue weighted by Gasteiger charge is -2.33. The molecule has 4 aliphatic heterocycles. The largest absolute Gasteiger partial charge is 0.530 e. The molecule has 0 radical (unpaired) electrons. The fourth-order valence-corrected chi connectivity index (χ4v) is 9.81. The minimum absolute atomic E-state index is 0.0781. The molecule has 0 spiro atoms. The van der Waals surface area contributed by atoms with E-state index in [0.717, 1.165) is 22.3 Å². The molecular formula is C42H48N4O14P2. The molecular weight excluding hydrogens is 846 g/mol. The van der Waals surface area contributed by atoms with Crippen molar-refractivity contribution in [2.24, 2.45) is 0 Å². The number of hydrogen-bond donors (Lipinski definition) is 2. The highest BCUT2D eigenvalue weighted by molar-refractivity contribution is 7.49. The van der Waals surface area contributed by atoms with Gasteiger partial charge in [0, 0.05) is 45.8 Å². The number of rotatable bonds is 9. The lowest BCUT2D eigenvalue weighted by molar-refractivity contribution is -0.0131. The van der Waals surface area contributed by atoms with Gasteiger partial charge in [0.1, 0.15) is 23.7 Å². The van der Waals surface area contributed by atoms with Gasteiger partial charge in [-0.3, -0.25) is 46.8 Å². The van der Waals surface area contributed by atoms with E-state index in [-0.39, 0.29) is 26.4 Å². The number of aromatic amines is 2. The van der Waals surface area contributed by atoms with Crippen LogP contribution in [-0.4, -0.2) is 44.5 Å². The smallest absolute Gasteiger partial charge is 0.403 e. The average molecular weight is 895 g/mol. The maximum absolute atomic E-state index is 13.9. The van der Waals surface area contributed by atoms with Crippen LogP contribution in [0.1, 0.15) is 87.4 Å². The van der Waals surface area contributed by atoms with Crippen LogP contribution in [-0.2, 0) is 60.7 Å². The van der Waals surface area contributed by atoms with Crippen LogP contribution >= 0.6 is 15.6 Å². The topological polar surface area (TPSA) is 218 Å². The van der Waals surface area contributed by atoms with Crippen molar-refractivity contribution in [3.63, 3.8) is 0 Å².